The Morgan fingerprint density at radius 3 is 3.00 bits per heavy atom. The molecule has 1 unspecified atom stereocenters. The number of rotatable bonds is 3. The molecule has 1 saturated heterocycles. The van der Waals surface area contributed by atoms with Crippen LogP contribution in [0.15, 0.2) is 24.3 Å². The van der Waals surface area contributed by atoms with Crippen molar-refractivity contribution >= 4 is 33.0 Å². The second kappa shape index (κ2) is 5.17. The molecule has 0 radical (unpaired) electrons. The molecule has 1 aliphatic heterocycles. The van der Waals surface area contributed by atoms with E-state index >= 15 is 0 Å². The molecular weight excluding hydrogens is 266 g/mol. The van der Waals surface area contributed by atoms with Crippen LogP contribution in [0.25, 0.3) is 10.1 Å². The number of halogens is 1. The van der Waals surface area contributed by atoms with Gasteiger partial charge in [0.25, 0.3) is 0 Å². The van der Waals surface area contributed by atoms with Gasteiger partial charge in [-0.25, -0.2) is 0 Å². The number of benzene rings is 1. The molecule has 0 amide bonds. The van der Waals surface area contributed by atoms with Crippen molar-refractivity contribution in [2.75, 3.05) is 13.2 Å². The van der Waals surface area contributed by atoms with E-state index in [1.165, 1.54) is 16.0 Å². The lowest BCUT2D eigenvalue weighted by Crippen LogP contribution is -2.31. The van der Waals surface area contributed by atoms with E-state index in [1.807, 2.05) is 12.1 Å². The largest absolute Gasteiger partial charge is 0.395 e. The zero-order valence-electron chi connectivity index (χ0n) is 10.1. The van der Waals surface area contributed by atoms with Gasteiger partial charge in [-0.1, -0.05) is 29.8 Å². The number of likely N-dealkylation sites (tertiary alicyclic amines) is 1. The number of nitrogens with zero attached hydrogens (tertiary/aromatic N) is 1. The van der Waals surface area contributed by atoms with Gasteiger partial charge in [0.2, 0.25) is 0 Å². The third-order valence-electron chi connectivity index (χ3n) is 3.66. The summed E-state index contributed by atoms with van der Waals surface area (Å²) in [6.45, 7) is 2.18. The van der Waals surface area contributed by atoms with Crippen molar-refractivity contribution < 1.29 is 5.11 Å². The Morgan fingerprint density at radius 2 is 2.22 bits per heavy atom. The van der Waals surface area contributed by atoms with Gasteiger partial charge in [0.15, 0.2) is 0 Å². The molecule has 1 aromatic heterocycles. The number of aliphatic hydroxyl groups is 1. The van der Waals surface area contributed by atoms with Gasteiger partial charge in [-0.2, -0.15) is 0 Å². The average Bonchev–Trinajstić information content (AvgIpc) is 2.96. The van der Waals surface area contributed by atoms with Crippen LogP contribution in [0.3, 0.4) is 0 Å². The van der Waals surface area contributed by atoms with Gasteiger partial charge in [0.1, 0.15) is 0 Å². The summed E-state index contributed by atoms with van der Waals surface area (Å²) in [6, 6.07) is 8.57. The fraction of sp³-hybridized carbons (Fsp3) is 0.429. The molecule has 1 fully saturated rings. The van der Waals surface area contributed by atoms with E-state index in [0.29, 0.717) is 6.04 Å². The predicted molar refractivity (Wildman–Crippen MR) is 77.4 cm³/mol. The Kier molecular flexibility index (Phi) is 3.57. The monoisotopic (exact) mass is 281 g/mol. The van der Waals surface area contributed by atoms with E-state index in [-0.39, 0.29) is 6.61 Å². The first-order valence-corrected chi connectivity index (χ1v) is 7.50. The van der Waals surface area contributed by atoms with Gasteiger partial charge in [-0.3, -0.25) is 4.90 Å². The molecule has 18 heavy (non-hydrogen) atoms. The minimum atomic E-state index is 0.252. The van der Waals surface area contributed by atoms with Crippen LogP contribution in [0.5, 0.6) is 0 Å². The second-order valence-electron chi connectivity index (χ2n) is 4.78. The Labute approximate surface area is 116 Å². The summed E-state index contributed by atoms with van der Waals surface area (Å²) in [7, 11) is 0. The van der Waals surface area contributed by atoms with Gasteiger partial charge in [0.05, 0.1) is 11.6 Å². The maximum atomic E-state index is 9.35. The fourth-order valence-electron chi connectivity index (χ4n) is 2.66. The molecule has 4 heteroatoms. The summed E-state index contributed by atoms with van der Waals surface area (Å²) in [5, 5.41) is 11.4. The summed E-state index contributed by atoms with van der Waals surface area (Å²) >= 11 is 8.22. The molecule has 3 rings (SSSR count). The zero-order valence-corrected chi connectivity index (χ0v) is 11.7. The molecular formula is C14H16ClNOS. The molecule has 1 aliphatic rings. The van der Waals surface area contributed by atoms with Crippen LogP contribution in [0.4, 0.5) is 0 Å². The molecule has 2 heterocycles. The van der Waals surface area contributed by atoms with E-state index in [2.05, 4.69) is 17.0 Å². The van der Waals surface area contributed by atoms with Crippen LogP contribution >= 0.6 is 22.9 Å². The summed E-state index contributed by atoms with van der Waals surface area (Å²) in [5.74, 6) is 0. The van der Waals surface area contributed by atoms with Gasteiger partial charge in [-0.15, -0.1) is 11.3 Å². The average molecular weight is 282 g/mol. The zero-order chi connectivity index (χ0) is 12.5. The Morgan fingerprint density at radius 1 is 1.39 bits per heavy atom. The van der Waals surface area contributed by atoms with Gasteiger partial charge >= 0.3 is 0 Å². The molecule has 0 spiro atoms. The minimum Gasteiger partial charge on any atom is -0.395 e. The molecule has 2 aromatic rings. The molecule has 0 saturated carbocycles. The molecule has 1 atom stereocenters. The van der Waals surface area contributed by atoms with Crippen LogP contribution in [0, 0.1) is 0 Å². The number of aliphatic hydroxyl groups excluding tert-OH is 1. The van der Waals surface area contributed by atoms with E-state index in [0.717, 1.165) is 29.9 Å². The van der Waals surface area contributed by atoms with Gasteiger partial charge in [0, 0.05) is 27.5 Å². The highest BCUT2D eigenvalue weighted by atomic mass is 35.5. The van der Waals surface area contributed by atoms with Crippen molar-refractivity contribution in [3.8, 4) is 0 Å². The minimum absolute atomic E-state index is 0.252. The standard InChI is InChI=1S/C14H16ClNOS/c15-14-11-5-1-2-6-12(11)18-13(14)8-16-7-3-4-10(16)9-17/h1-2,5-6,10,17H,3-4,7-9H2. The van der Waals surface area contributed by atoms with Crippen molar-refractivity contribution in [1.82, 2.24) is 4.90 Å². The molecule has 0 bridgehead atoms. The molecule has 2 nitrogen and oxygen atoms in total. The number of fused-ring (bicyclic) bond motifs is 1. The van der Waals surface area contributed by atoms with Crippen LogP contribution in [-0.2, 0) is 6.54 Å². The van der Waals surface area contributed by atoms with E-state index in [1.54, 1.807) is 11.3 Å². The highest BCUT2D eigenvalue weighted by Crippen LogP contribution is 2.36. The van der Waals surface area contributed by atoms with Crippen LogP contribution in [-0.4, -0.2) is 29.2 Å². The Hall–Kier alpha value is -0.610. The number of hydrogen-bond acceptors (Lipinski definition) is 3. The van der Waals surface area contributed by atoms with Crippen molar-refractivity contribution in [2.45, 2.75) is 25.4 Å². The van der Waals surface area contributed by atoms with Crippen molar-refractivity contribution in [3.63, 3.8) is 0 Å². The van der Waals surface area contributed by atoms with E-state index in [4.69, 9.17) is 11.6 Å². The highest BCUT2D eigenvalue weighted by Gasteiger charge is 2.25. The number of thiophene rings is 1. The lowest BCUT2D eigenvalue weighted by molar-refractivity contribution is 0.154. The quantitative estimate of drug-likeness (QED) is 0.931. The van der Waals surface area contributed by atoms with E-state index in [9.17, 15) is 5.11 Å². The van der Waals surface area contributed by atoms with Gasteiger partial charge in [-0.05, 0) is 25.5 Å². The third kappa shape index (κ3) is 2.16. The summed E-state index contributed by atoms with van der Waals surface area (Å²) in [4.78, 5) is 3.56. The lowest BCUT2D eigenvalue weighted by atomic mass is 10.2. The first-order valence-electron chi connectivity index (χ1n) is 6.30. The van der Waals surface area contributed by atoms with Crippen LogP contribution in [0.1, 0.15) is 17.7 Å². The number of hydrogen-bond donors (Lipinski definition) is 1. The maximum absolute atomic E-state index is 9.35. The normalized spacial score (nSPS) is 20.9. The molecule has 96 valence electrons. The molecule has 1 N–H and O–H groups in total. The molecule has 1 aromatic carbocycles. The van der Waals surface area contributed by atoms with Gasteiger partial charge < -0.3 is 5.11 Å². The SMILES string of the molecule is OCC1CCCN1Cc1sc2ccccc2c1Cl. The fourth-order valence-corrected chi connectivity index (χ4v) is 4.18. The second-order valence-corrected chi connectivity index (χ2v) is 6.30. The topological polar surface area (TPSA) is 23.5 Å². The Bertz CT molecular complexity index is 554. The first kappa shape index (κ1) is 12.4. The van der Waals surface area contributed by atoms with Crippen molar-refractivity contribution in [2.24, 2.45) is 0 Å². The summed E-state index contributed by atoms with van der Waals surface area (Å²) in [6.07, 6.45) is 2.27. The van der Waals surface area contributed by atoms with Crippen LogP contribution in [0.2, 0.25) is 5.02 Å². The van der Waals surface area contributed by atoms with Crippen molar-refractivity contribution in [1.29, 1.82) is 0 Å². The smallest absolute Gasteiger partial charge is 0.0637 e. The van der Waals surface area contributed by atoms with E-state index < -0.39 is 0 Å². The lowest BCUT2D eigenvalue weighted by Gasteiger charge is -2.21. The Balaban J connectivity index is 1.88. The maximum Gasteiger partial charge on any atom is 0.0637 e. The predicted octanol–water partition coefficient (Wildman–Crippen LogP) is 3.51. The van der Waals surface area contributed by atoms with Crippen molar-refractivity contribution in [3.05, 3.63) is 34.2 Å². The molecule has 0 aliphatic carbocycles. The highest BCUT2D eigenvalue weighted by molar-refractivity contribution is 7.19. The summed E-state index contributed by atoms with van der Waals surface area (Å²) < 4.78 is 1.25. The summed E-state index contributed by atoms with van der Waals surface area (Å²) in [5.41, 5.74) is 0. The van der Waals surface area contributed by atoms with Crippen LogP contribution < -0.4 is 0 Å². The third-order valence-corrected chi connectivity index (χ3v) is 5.36. The first-order chi connectivity index (χ1) is 8.79.